The number of nitrogen functional groups attached to an aromatic ring is 1. The van der Waals surface area contributed by atoms with E-state index in [1.165, 1.54) is 6.33 Å². The largest absolute Gasteiger partial charge is 0.397 e. The van der Waals surface area contributed by atoms with Gasteiger partial charge in [0, 0.05) is 13.2 Å². The number of hydrogen-bond acceptors (Lipinski definition) is 6. The molecule has 7 nitrogen and oxygen atoms in total. The topological polar surface area (TPSA) is 113 Å². The minimum atomic E-state index is -0.203. The number of rotatable bonds is 7. The molecule has 2 aromatic rings. The first kappa shape index (κ1) is 14.3. The SMILES string of the molecule is Nc1cc2c(=O)[nH]cnc2cc1NCCCOCCO. The number of nitrogens with zero attached hydrogens (tertiary/aromatic N) is 1. The number of nitrogens with two attached hydrogens (primary N) is 1. The van der Waals surface area contributed by atoms with Gasteiger partial charge >= 0.3 is 0 Å². The highest BCUT2D eigenvalue weighted by Crippen LogP contribution is 2.22. The molecule has 0 atom stereocenters. The zero-order chi connectivity index (χ0) is 14.4. The van der Waals surface area contributed by atoms with Crippen molar-refractivity contribution in [1.29, 1.82) is 0 Å². The zero-order valence-electron chi connectivity index (χ0n) is 11.1. The van der Waals surface area contributed by atoms with E-state index in [2.05, 4.69) is 15.3 Å². The molecule has 1 aromatic carbocycles. The Morgan fingerprint density at radius 3 is 3.05 bits per heavy atom. The highest BCUT2D eigenvalue weighted by molar-refractivity contribution is 5.88. The fourth-order valence-electron chi connectivity index (χ4n) is 1.85. The van der Waals surface area contributed by atoms with Gasteiger partial charge in [0.15, 0.2) is 0 Å². The third-order valence-corrected chi connectivity index (χ3v) is 2.83. The molecule has 108 valence electrons. The average molecular weight is 278 g/mol. The molecule has 0 aliphatic carbocycles. The number of ether oxygens (including phenoxy) is 1. The predicted molar refractivity (Wildman–Crippen MR) is 77.8 cm³/mol. The van der Waals surface area contributed by atoms with Gasteiger partial charge in [-0.3, -0.25) is 4.79 Å². The summed E-state index contributed by atoms with van der Waals surface area (Å²) in [6.45, 7) is 1.64. The van der Waals surface area contributed by atoms with Gasteiger partial charge in [0.2, 0.25) is 0 Å². The Hall–Kier alpha value is -2.12. The van der Waals surface area contributed by atoms with Crippen LogP contribution >= 0.6 is 0 Å². The lowest BCUT2D eigenvalue weighted by molar-refractivity contribution is 0.0922. The van der Waals surface area contributed by atoms with Gasteiger partial charge in [-0.15, -0.1) is 0 Å². The van der Waals surface area contributed by atoms with E-state index in [-0.39, 0.29) is 12.2 Å². The number of aromatic nitrogens is 2. The van der Waals surface area contributed by atoms with E-state index in [0.29, 0.717) is 36.3 Å². The lowest BCUT2D eigenvalue weighted by Gasteiger charge is -2.10. The van der Waals surface area contributed by atoms with E-state index in [9.17, 15) is 4.79 Å². The normalized spacial score (nSPS) is 10.8. The van der Waals surface area contributed by atoms with Crippen LogP contribution in [0.5, 0.6) is 0 Å². The molecule has 0 bridgehead atoms. The lowest BCUT2D eigenvalue weighted by atomic mass is 10.2. The van der Waals surface area contributed by atoms with Crippen LogP contribution in [0.15, 0.2) is 23.3 Å². The minimum absolute atomic E-state index is 0.0330. The van der Waals surface area contributed by atoms with Crippen molar-refractivity contribution < 1.29 is 9.84 Å². The third kappa shape index (κ3) is 3.46. The van der Waals surface area contributed by atoms with Gasteiger partial charge < -0.3 is 25.9 Å². The van der Waals surface area contributed by atoms with E-state index in [1.807, 2.05) is 0 Å². The lowest BCUT2D eigenvalue weighted by Crippen LogP contribution is -2.11. The molecule has 0 aliphatic heterocycles. The number of anilines is 2. The fraction of sp³-hybridized carbons (Fsp3) is 0.385. The van der Waals surface area contributed by atoms with Crippen LogP contribution in [-0.2, 0) is 4.74 Å². The summed E-state index contributed by atoms with van der Waals surface area (Å²) in [4.78, 5) is 18.2. The monoisotopic (exact) mass is 278 g/mol. The number of aliphatic hydroxyl groups excluding tert-OH is 1. The molecule has 20 heavy (non-hydrogen) atoms. The van der Waals surface area contributed by atoms with Crippen molar-refractivity contribution in [3.63, 3.8) is 0 Å². The second kappa shape index (κ2) is 6.88. The van der Waals surface area contributed by atoms with Crippen molar-refractivity contribution in [2.24, 2.45) is 0 Å². The third-order valence-electron chi connectivity index (χ3n) is 2.83. The van der Waals surface area contributed by atoms with Crippen LogP contribution in [0.4, 0.5) is 11.4 Å². The number of aliphatic hydroxyl groups is 1. The summed E-state index contributed by atoms with van der Waals surface area (Å²) in [6, 6.07) is 3.38. The fourth-order valence-corrected chi connectivity index (χ4v) is 1.85. The molecular weight excluding hydrogens is 260 g/mol. The molecule has 0 fully saturated rings. The first-order chi connectivity index (χ1) is 9.72. The van der Waals surface area contributed by atoms with Gasteiger partial charge in [-0.2, -0.15) is 0 Å². The molecule has 0 spiro atoms. The summed E-state index contributed by atoms with van der Waals surface area (Å²) in [7, 11) is 0. The molecular formula is C13H18N4O3. The number of H-pyrrole nitrogens is 1. The number of hydrogen-bond donors (Lipinski definition) is 4. The second-order valence-electron chi connectivity index (χ2n) is 4.30. The Labute approximate surface area is 115 Å². The molecule has 5 N–H and O–H groups in total. The van der Waals surface area contributed by atoms with Crippen LogP contribution in [-0.4, -0.2) is 41.4 Å². The van der Waals surface area contributed by atoms with Crippen molar-refractivity contribution in [1.82, 2.24) is 9.97 Å². The molecule has 0 saturated carbocycles. The Kier molecular flexibility index (Phi) is 4.91. The van der Waals surface area contributed by atoms with Gasteiger partial charge in [-0.1, -0.05) is 0 Å². The minimum Gasteiger partial charge on any atom is -0.397 e. The van der Waals surface area contributed by atoms with Crippen LogP contribution in [0.1, 0.15) is 6.42 Å². The summed E-state index contributed by atoms with van der Waals surface area (Å²) >= 11 is 0. The van der Waals surface area contributed by atoms with Crippen LogP contribution in [0.2, 0.25) is 0 Å². The molecule has 7 heteroatoms. The van der Waals surface area contributed by atoms with E-state index in [4.69, 9.17) is 15.6 Å². The van der Waals surface area contributed by atoms with E-state index >= 15 is 0 Å². The Morgan fingerprint density at radius 1 is 1.40 bits per heavy atom. The van der Waals surface area contributed by atoms with Crippen molar-refractivity contribution in [3.8, 4) is 0 Å². The predicted octanol–water partition coefficient (Wildman–Crippen LogP) is 0.316. The standard InChI is InChI=1S/C13H18N4O3/c14-10-6-9-11(16-8-17-13(9)19)7-12(10)15-2-1-4-20-5-3-18/h6-8,15,18H,1-5,14H2,(H,16,17,19). The van der Waals surface area contributed by atoms with Gasteiger partial charge in [0.05, 0.1) is 41.8 Å². The van der Waals surface area contributed by atoms with Crippen LogP contribution in [0.3, 0.4) is 0 Å². The number of nitrogens with one attached hydrogen (secondary N) is 2. The molecule has 1 aromatic heterocycles. The number of aromatic amines is 1. The number of benzene rings is 1. The zero-order valence-corrected chi connectivity index (χ0v) is 11.1. The first-order valence-electron chi connectivity index (χ1n) is 6.42. The van der Waals surface area contributed by atoms with Gasteiger partial charge in [-0.05, 0) is 18.6 Å². The summed E-state index contributed by atoms with van der Waals surface area (Å²) in [5, 5.41) is 12.2. The molecule has 0 aliphatic rings. The quantitative estimate of drug-likeness (QED) is 0.428. The molecule has 0 amide bonds. The Balaban J connectivity index is 2.00. The summed E-state index contributed by atoms with van der Waals surface area (Å²) in [5.74, 6) is 0. The van der Waals surface area contributed by atoms with Gasteiger partial charge in [0.1, 0.15) is 0 Å². The number of fused-ring (bicyclic) bond motifs is 1. The average Bonchev–Trinajstić information content (AvgIpc) is 2.44. The van der Waals surface area contributed by atoms with E-state index in [1.54, 1.807) is 12.1 Å². The highest BCUT2D eigenvalue weighted by atomic mass is 16.5. The van der Waals surface area contributed by atoms with Crippen molar-refractivity contribution in [2.45, 2.75) is 6.42 Å². The molecule has 0 radical (unpaired) electrons. The Morgan fingerprint density at radius 2 is 2.25 bits per heavy atom. The molecule has 0 unspecified atom stereocenters. The van der Waals surface area contributed by atoms with E-state index in [0.717, 1.165) is 12.1 Å². The summed E-state index contributed by atoms with van der Waals surface area (Å²) in [6.07, 6.45) is 2.16. The smallest absolute Gasteiger partial charge is 0.258 e. The van der Waals surface area contributed by atoms with Crippen LogP contribution in [0, 0.1) is 0 Å². The van der Waals surface area contributed by atoms with Crippen molar-refractivity contribution in [3.05, 3.63) is 28.8 Å². The molecule has 2 rings (SSSR count). The van der Waals surface area contributed by atoms with Crippen LogP contribution < -0.4 is 16.6 Å². The van der Waals surface area contributed by atoms with Crippen LogP contribution in [0.25, 0.3) is 10.9 Å². The van der Waals surface area contributed by atoms with Gasteiger partial charge in [0.25, 0.3) is 5.56 Å². The van der Waals surface area contributed by atoms with Crippen molar-refractivity contribution >= 4 is 22.3 Å². The van der Waals surface area contributed by atoms with Gasteiger partial charge in [-0.25, -0.2) is 4.98 Å². The first-order valence-corrected chi connectivity index (χ1v) is 6.42. The summed E-state index contributed by atoms with van der Waals surface area (Å²) < 4.78 is 5.16. The summed E-state index contributed by atoms with van der Waals surface area (Å²) in [5.41, 5.74) is 7.56. The Bertz CT molecular complexity index is 627. The highest BCUT2D eigenvalue weighted by Gasteiger charge is 2.05. The van der Waals surface area contributed by atoms with E-state index < -0.39 is 0 Å². The second-order valence-corrected chi connectivity index (χ2v) is 4.30. The molecule has 1 heterocycles. The van der Waals surface area contributed by atoms with Crippen molar-refractivity contribution in [2.75, 3.05) is 37.4 Å². The maximum Gasteiger partial charge on any atom is 0.258 e. The maximum atomic E-state index is 11.6. The maximum absolute atomic E-state index is 11.6. The molecule has 0 saturated heterocycles.